The second-order valence-electron chi connectivity index (χ2n) is 5.00. The van der Waals surface area contributed by atoms with Crippen molar-refractivity contribution < 1.29 is 9.53 Å². The number of ether oxygens (including phenoxy) is 1. The van der Waals surface area contributed by atoms with Gasteiger partial charge < -0.3 is 10.1 Å². The van der Waals surface area contributed by atoms with Gasteiger partial charge >= 0.3 is 0 Å². The molecule has 0 bridgehead atoms. The van der Waals surface area contributed by atoms with Gasteiger partial charge in [-0.25, -0.2) is 4.98 Å². The molecule has 1 aliphatic carbocycles. The van der Waals surface area contributed by atoms with Crippen LogP contribution in [0.3, 0.4) is 0 Å². The van der Waals surface area contributed by atoms with Crippen molar-refractivity contribution in [1.29, 1.82) is 0 Å². The Morgan fingerprint density at radius 1 is 1.45 bits per heavy atom. The third-order valence-electron chi connectivity index (χ3n) is 3.34. The molecule has 0 aliphatic heterocycles. The summed E-state index contributed by atoms with van der Waals surface area (Å²) in [5.74, 6) is 0.288. The smallest absolute Gasteiger partial charge is 0.232 e. The van der Waals surface area contributed by atoms with Crippen LogP contribution in [0.1, 0.15) is 13.3 Å². The summed E-state index contributed by atoms with van der Waals surface area (Å²) < 4.78 is 4.49. The highest BCUT2D eigenvalue weighted by Gasteiger charge is 2.56. The number of thiazole rings is 1. The van der Waals surface area contributed by atoms with Crippen LogP contribution in [-0.4, -0.2) is 21.8 Å². The molecule has 1 aromatic heterocycles. The Balaban J connectivity index is 1.67. The topological polar surface area (TPSA) is 51.2 Å². The van der Waals surface area contributed by atoms with E-state index >= 15 is 0 Å². The van der Waals surface area contributed by atoms with Crippen molar-refractivity contribution in [2.75, 3.05) is 11.9 Å². The highest BCUT2D eigenvalue weighted by atomic mass is 35.5. The second-order valence-corrected chi connectivity index (χ2v) is 7.40. The first-order valence-electron chi connectivity index (χ1n) is 6.87. The predicted molar refractivity (Wildman–Crippen MR) is 89.9 cm³/mol. The molecule has 1 heterocycles. The third kappa shape index (κ3) is 3.37. The minimum atomic E-state index is -0.917. The van der Waals surface area contributed by atoms with Crippen LogP contribution in [0.5, 0.6) is 5.75 Å². The maximum absolute atomic E-state index is 11.9. The van der Waals surface area contributed by atoms with Crippen LogP contribution in [0, 0.1) is 5.92 Å². The van der Waals surface area contributed by atoms with Gasteiger partial charge in [-0.2, -0.15) is 0 Å². The van der Waals surface area contributed by atoms with E-state index in [9.17, 15) is 4.79 Å². The van der Waals surface area contributed by atoms with Gasteiger partial charge in [0, 0.05) is 10.9 Å². The average molecular weight is 357 g/mol. The van der Waals surface area contributed by atoms with Gasteiger partial charge in [0.1, 0.15) is 10.1 Å². The summed E-state index contributed by atoms with van der Waals surface area (Å²) in [5, 5.41) is 5.20. The molecule has 1 aliphatic rings. The second kappa shape index (κ2) is 6.07. The number of amides is 1. The largest absolute Gasteiger partial charge is 0.494 e. The number of hydrogen-bond acceptors (Lipinski definition) is 4. The van der Waals surface area contributed by atoms with Crippen molar-refractivity contribution in [3.63, 3.8) is 0 Å². The summed E-state index contributed by atoms with van der Waals surface area (Å²) in [6, 6.07) is 7.68. The molecule has 116 valence electrons. The van der Waals surface area contributed by atoms with Gasteiger partial charge in [-0.15, -0.1) is 34.5 Å². The van der Waals surface area contributed by atoms with Crippen molar-refractivity contribution in [1.82, 2.24) is 4.98 Å². The highest BCUT2D eigenvalue weighted by molar-refractivity contribution is 7.14. The number of nitrogens with one attached hydrogen (secondary N) is 1. The van der Waals surface area contributed by atoms with Crippen molar-refractivity contribution in [2.24, 2.45) is 5.92 Å². The summed E-state index contributed by atoms with van der Waals surface area (Å²) in [6.07, 6.45) is 0.485. The fourth-order valence-electron chi connectivity index (χ4n) is 2.04. The van der Waals surface area contributed by atoms with Gasteiger partial charge in [-0.3, -0.25) is 4.79 Å². The van der Waals surface area contributed by atoms with E-state index in [1.54, 1.807) is 0 Å². The first-order valence-corrected chi connectivity index (χ1v) is 8.50. The summed E-state index contributed by atoms with van der Waals surface area (Å²) in [7, 11) is 0. The fraction of sp³-hybridized carbons (Fsp3) is 0.333. The zero-order chi connectivity index (χ0) is 15.7. The van der Waals surface area contributed by atoms with E-state index in [4.69, 9.17) is 27.9 Å². The molecule has 0 saturated heterocycles. The maximum Gasteiger partial charge on any atom is 0.232 e. The van der Waals surface area contributed by atoms with E-state index in [1.165, 1.54) is 11.3 Å². The maximum atomic E-state index is 11.9. The Morgan fingerprint density at radius 2 is 2.14 bits per heavy atom. The van der Waals surface area contributed by atoms with Gasteiger partial charge in [0.2, 0.25) is 5.91 Å². The molecule has 4 nitrogen and oxygen atoms in total. The first kappa shape index (κ1) is 15.6. The molecule has 1 saturated carbocycles. The Kier molecular flexibility index (Phi) is 4.30. The fourth-order valence-corrected chi connectivity index (χ4v) is 3.27. The molecule has 1 N–H and O–H groups in total. The monoisotopic (exact) mass is 356 g/mol. The third-order valence-corrected chi connectivity index (χ3v) is 4.93. The molecule has 0 spiro atoms. The van der Waals surface area contributed by atoms with E-state index in [-0.39, 0.29) is 11.8 Å². The predicted octanol–water partition coefficient (Wildman–Crippen LogP) is 4.34. The van der Waals surface area contributed by atoms with Crippen LogP contribution in [0.25, 0.3) is 11.3 Å². The number of carbonyl (C=O) groups is 1. The minimum absolute atomic E-state index is 0.183. The molecule has 2 aromatic rings. The standard InChI is InChI=1S/C15H14Cl2N2O2S/c1-2-21-10-5-3-9(4-6-10)12-8-22-14(18-12)19-13(20)11-7-15(11,16)17/h3-6,8,11H,2,7H2,1H3,(H,18,19,20). The number of benzene rings is 1. The lowest BCUT2D eigenvalue weighted by Crippen LogP contribution is -2.16. The normalized spacial score (nSPS) is 18.8. The lowest BCUT2D eigenvalue weighted by Gasteiger charge is -2.03. The van der Waals surface area contributed by atoms with E-state index in [1.807, 2.05) is 36.6 Å². The minimum Gasteiger partial charge on any atom is -0.494 e. The number of hydrogen-bond donors (Lipinski definition) is 1. The van der Waals surface area contributed by atoms with Crippen LogP contribution in [0.15, 0.2) is 29.6 Å². The molecule has 1 aromatic carbocycles. The van der Waals surface area contributed by atoms with Gasteiger partial charge in [-0.05, 0) is 37.6 Å². The zero-order valence-electron chi connectivity index (χ0n) is 11.8. The molecule has 3 rings (SSSR count). The zero-order valence-corrected chi connectivity index (χ0v) is 14.1. The number of rotatable bonds is 5. The van der Waals surface area contributed by atoms with Crippen LogP contribution < -0.4 is 10.1 Å². The van der Waals surface area contributed by atoms with Crippen molar-refractivity contribution in [3.8, 4) is 17.0 Å². The van der Waals surface area contributed by atoms with Crippen molar-refractivity contribution in [2.45, 2.75) is 17.7 Å². The molecule has 1 unspecified atom stereocenters. The first-order chi connectivity index (χ1) is 10.5. The van der Waals surface area contributed by atoms with E-state index in [0.717, 1.165) is 17.0 Å². The van der Waals surface area contributed by atoms with Crippen LogP contribution in [0.4, 0.5) is 5.13 Å². The highest BCUT2D eigenvalue weighted by Crippen LogP contribution is 2.53. The number of carbonyl (C=O) groups excluding carboxylic acids is 1. The van der Waals surface area contributed by atoms with Crippen LogP contribution in [-0.2, 0) is 4.79 Å². The molecule has 1 fully saturated rings. The lowest BCUT2D eigenvalue weighted by atomic mass is 10.2. The number of anilines is 1. The summed E-state index contributed by atoms with van der Waals surface area (Å²) in [5.41, 5.74) is 1.78. The Bertz CT molecular complexity index is 685. The van der Waals surface area contributed by atoms with Gasteiger partial charge in [0.05, 0.1) is 18.2 Å². The van der Waals surface area contributed by atoms with Gasteiger partial charge in [-0.1, -0.05) is 0 Å². The molecular formula is C15H14Cl2N2O2S. The van der Waals surface area contributed by atoms with Crippen LogP contribution in [0.2, 0.25) is 0 Å². The molecule has 7 heteroatoms. The summed E-state index contributed by atoms with van der Waals surface area (Å²) >= 11 is 13.1. The quantitative estimate of drug-likeness (QED) is 0.810. The molecular weight excluding hydrogens is 343 g/mol. The van der Waals surface area contributed by atoms with Gasteiger partial charge in [0.25, 0.3) is 0 Å². The van der Waals surface area contributed by atoms with Crippen LogP contribution >= 0.6 is 34.5 Å². The van der Waals surface area contributed by atoms with E-state index in [2.05, 4.69) is 10.3 Å². The molecule has 0 radical (unpaired) electrons. The van der Waals surface area contributed by atoms with Gasteiger partial charge in [0.15, 0.2) is 5.13 Å². The van der Waals surface area contributed by atoms with Crippen molar-refractivity contribution >= 4 is 45.6 Å². The summed E-state index contributed by atoms with van der Waals surface area (Å²) in [6.45, 7) is 2.58. The number of halogens is 2. The number of nitrogens with zero attached hydrogens (tertiary/aromatic N) is 1. The summed E-state index contributed by atoms with van der Waals surface area (Å²) in [4.78, 5) is 16.3. The number of aromatic nitrogens is 1. The Morgan fingerprint density at radius 3 is 2.73 bits per heavy atom. The van der Waals surface area contributed by atoms with E-state index < -0.39 is 4.33 Å². The lowest BCUT2D eigenvalue weighted by molar-refractivity contribution is -0.117. The average Bonchev–Trinajstić information content (AvgIpc) is 2.92. The Labute approximate surface area is 142 Å². The van der Waals surface area contributed by atoms with E-state index in [0.29, 0.717) is 18.2 Å². The molecule has 1 amide bonds. The Hall–Kier alpha value is -1.30. The molecule has 22 heavy (non-hydrogen) atoms. The SMILES string of the molecule is CCOc1ccc(-c2csc(NC(=O)C3CC3(Cl)Cl)n2)cc1. The van der Waals surface area contributed by atoms with Crippen molar-refractivity contribution in [3.05, 3.63) is 29.6 Å². The molecule has 1 atom stereocenters. The number of alkyl halides is 2.